The Morgan fingerprint density at radius 1 is 1.61 bits per heavy atom. The van der Waals surface area contributed by atoms with Crippen LogP contribution >= 0.6 is 0 Å². The largest absolute Gasteiger partial charge is 0.352 e. The van der Waals surface area contributed by atoms with Crippen molar-refractivity contribution in [3.63, 3.8) is 0 Å². The molecule has 7 heteroatoms. The topological polar surface area (TPSA) is 81.1 Å². The van der Waals surface area contributed by atoms with E-state index >= 15 is 0 Å². The van der Waals surface area contributed by atoms with Crippen LogP contribution in [0.4, 0.5) is 0 Å². The predicted molar refractivity (Wildman–Crippen MR) is 66.6 cm³/mol. The number of rotatable bonds is 4. The van der Waals surface area contributed by atoms with E-state index in [9.17, 15) is 13.2 Å². The number of carbonyl (C=O) groups excluding carboxylic acids is 1. The van der Waals surface area contributed by atoms with Gasteiger partial charge in [-0.15, -0.1) is 0 Å². The lowest BCUT2D eigenvalue weighted by atomic mass is 10.1. The minimum absolute atomic E-state index is 0.0205. The Kier molecular flexibility index (Phi) is 3.70. The minimum Gasteiger partial charge on any atom is -0.352 e. The quantitative estimate of drug-likeness (QED) is 0.824. The molecule has 1 N–H and O–H groups in total. The normalized spacial score (nSPS) is 23.7. The standard InChI is InChI=1S/C11H17N3O3S/c1-9(7-14-5-2-4-12-14)13-11(15)10-3-6-18(16,17)8-10/h2,4-5,9-10H,3,6-8H2,1H3,(H,13,15)/t9-,10+/m0/s1. The van der Waals surface area contributed by atoms with Gasteiger partial charge in [-0.3, -0.25) is 9.48 Å². The highest BCUT2D eigenvalue weighted by atomic mass is 32.2. The van der Waals surface area contributed by atoms with Crippen LogP contribution in [0.25, 0.3) is 0 Å². The molecule has 0 radical (unpaired) electrons. The highest BCUT2D eigenvalue weighted by Gasteiger charge is 2.33. The third kappa shape index (κ3) is 3.32. The molecule has 6 nitrogen and oxygen atoms in total. The Labute approximate surface area is 106 Å². The van der Waals surface area contributed by atoms with Gasteiger partial charge in [0.15, 0.2) is 9.84 Å². The second-order valence-corrected chi connectivity index (χ2v) is 6.97. The Bertz CT molecular complexity index is 510. The fraction of sp³-hybridized carbons (Fsp3) is 0.636. The fourth-order valence-electron chi connectivity index (χ4n) is 2.10. The third-order valence-electron chi connectivity index (χ3n) is 3.01. The van der Waals surface area contributed by atoms with Gasteiger partial charge in [0.1, 0.15) is 0 Å². The van der Waals surface area contributed by atoms with Crippen LogP contribution in [0.15, 0.2) is 18.5 Å². The Morgan fingerprint density at radius 2 is 2.39 bits per heavy atom. The van der Waals surface area contributed by atoms with Crippen LogP contribution in [0.1, 0.15) is 13.3 Å². The molecule has 0 spiro atoms. The maximum absolute atomic E-state index is 11.9. The van der Waals surface area contributed by atoms with E-state index in [2.05, 4.69) is 10.4 Å². The summed E-state index contributed by atoms with van der Waals surface area (Å²) in [4.78, 5) is 11.9. The lowest BCUT2D eigenvalue weighted by Gasteiger charge is -2.16. The van der Waals surface area contributed by atoms with Gasteiger partial charge in [-0.25, -0.2) is 8.42 Å². The summed E-state index contributed by atoms with van der Waals surface area (Å²) in [7, 11) is -3.00. The van der Waals surface area contributed by atoms with Crippen molar-refractivity contribution >= 4 is 15.7 Å². The molecule has 1 fully saturated rings. The average molecular weight is 271 g/mol. The zero-order chi connectivity index (χ0) is 13.2. The van der Waals surface area contributed by atoms with E-state index in [-0.39, 0.29) is 23.5 Å². The first-order valence-corrected chi connectivity index (χ1v) is 7.76. The lowest BCUT2D eigenvalue weighted by molar-refractivity contribution is -0.124. The Balaban J connectivity index is 1.84. The molecule has 0 unspecified atom stereocenters. The van der Waals surface area contributed by atoms with Crippen molar-refractivity contribution in [1.29, 1.82) is 0 Å². The van der Waals surface area contributed by atoms with Gasteiger partial charge in [-0.1, -0.05) is 0 Å². The van der Waals surface area contributed by atoms with Crippen molar-refractivity contribution in [2.75, 3.05) is 11.5 Å². The van der Waals surface area contributed by atoms with E-state index in [1.54, 1.807) is 10.9 Å². The van der Waals surface area contributed by atoms with Gasteiger partial charge in [0.25, 0.3) is 0 Å². The van der Waals surface area contributed by atoms with E-state index < -0.39 is 15.8 Å². The summed E-state index contributed by atoms with van der Waals surface area (Å²) in [6.45, 7) is 2.46. The van der Waals surface area contributed by atoms with Crippen LogP contribution < -0.4 is 5.32 Å². The Morgan fingerprint density at radius 3 is 2.94 bits per heavy atom. The number of hydrogen-bond acceptors (Lipinski definition) is 4. The van der Waals surface area contributed by atoms with Crippen LogP contribution in [0.5, 0.6) is 0 Å². The van der Waals surface area contributed by atoms with Crippen molar-refractivity contribution in [3.05, 3.63) is 18.5 Å². The van der Waals surface area contributed by atoms with Crippen molar-refractivity contribution in [1.82, 2.24) is 15.1 Å². The van der Waals surface area contributed by atoms with Crippen molar-refractivity contribution in [2.24, 2.45) is 5.92 Å². The maximum Gasteiger partial charge on any atom is 0.224 e. The molecule has 1 aliphatic heterocycles. The van der Waals surface area contributed by atoms with E-state index in [0.29, 0.717) is 13.0 Å². The molecule has 2 heterocycles. The molecule has 0 aliphatic carbocycles. The number of carbonyl (C=O) groups is 1. The van der Waals surface area contributed by atoms with Gasteiger partial charge >= 0.3 is 0 Å². The van der Waals surface area contributed by atoms with Gasteiger partial charge in [0.2, 0.25) is 5.91 Å². The molecule has 0 saturated carbocycles. The summed E-state index contributed by atoms with van der Waals surface area (Å²) in [6.07, 6.45) is 3.93. The van der Waals surface area contributed by atoms with Crippen molar-refractivity contribution in [3.8, 4) is 0 Å². The van der Waals surface area contributed by atoms with Gasteiger partial charge < -0.3 is 5.32 Å². The number of sulfone groups is 1. The molecular formula is C11H17N3O3S. The second kappa shape index (κ2) is 5.09. The van der Waals surface area contributed by atoms with Crippen molar-refractivity contribution < 1.29 is 13.2 Å². The van der Waals surface area contributed by atoms with Crippen LogP contribution in [-0.4, -0.2) is 41.7 Å². The average Bonchev–Trinajstić information content (AvgIpc) is 2.87. The third-order valence-corrected chi connectivity index (χ3v) is 4.78. The molecule has 1 amide bonds. The van der Waals surface area contributed by atoms with Crippen LogP contribution in [0, 0.1) is 5.92 Å². The van der Waals surface area contributed by atoms with E-state index in [0.717, 1.165) is 0 Å². The summed E-state index contributed by atoms with van der Waals surface area (Å²) < 4.78 is 24.3. The molecule has 1 aliphatic rings. The highest BCUT2D eigenvalue weighted by Crippen LogP contribution is 2.18. The SMILES string of the molecule is C[C@@H](Cn1cccn1)NC(=O)[C@@H]1CCS(=O)(=O)C1. The Hall–Kier alpha value is -1.37. The minimum atomic E-state index is -3.00. The van der Waals surface area contributed by atoms with Gasteiger partial charge in [-0.2, -0.15) is 5.10 Å². The number of amides is 1. The van der Waals surface area contributed by atoms with E-state index in [1.165, 1.54) is 0 Å². The molecule has 1 aromatic heterocycles. The molecule has 0 aromatic carbocycles. The first-order valence-electron chi connectivity index (χ1n) is 5.94. The van der Waals surface area contributed by atoms with Gasteiger partial charge in [0, 0.05) is 18.4 Å². The summed E-state index contributed by atoms with van der Waals surface area (Å²) in [5.74, 6) is -0.461. The smallest absolute Gasteiger partial charge is 0.224 e. The van der Waals surface area contributed by atoms with Crippen molar-refractivity contribution in [2.45, 2.75) is 25.9 Å². The fourth-order valence-corrected chi connectivity index (χ4v) is 3.84. The van der Waals surface area contributed by atoms with Crippen LogP contribution in [0.3, 0.4) is 0 Å². The number of nitrogens with one attached hydrogen (secondary N) is 1. The van der Waals surface area contributed by atoms with Gasteiger partial charge in [0.05, 0.1) is 24.0 Å². The second-order valence-electron chi connectivity index (χ2n) is 4.74. The molecule has 100 valence electrons. The molecule has 18 heavy (non-hydrogen) atoms. The summed E-state index contributed by atoms with van der Waals surface area (Å²) >= 11 is 0. The summed E-state index contributed by atoms with van der Waals surface area (Å²) in [5.41, 5.74) is 0. The van der Waals surface area contributed by atoms with Crippen LogP contribution in [-0.2, 0) is 21.2 Å². The number of hydrogen-bond donors (Lipinski definition) is 1. The molecule has 1 aromatic rings. The first kappa shape index (κ1) is 13.1. The lowest BCUT2D eigenvalue weighted by Crippen LogP contribution is -2.40. The predicted octanol–water partition coefficient (Wildman–Crippen LogP) is -0.177. The van der Waals surface area contributed by atoms with Gasteiger partial charge in [-0.05, 0) is 19.4 Å². The maximum atomic E-state index is 11.9. The molecular weight excluding hydrogens is 254 g/mol. The molecule has 2 rings (SSSR count). The number of nitrogens with zero attached hydrogens (tertiary/aromatic N) is 2. The van der Waals surface area contributed by atoms with E-state index in [4.69, 9.17) is 0 Å². The monoisotopic (exact) mass is 271 g/mol. The molecule has 0 bridgehead atoms. The van der Waals surface area contributed by atoms with E-state index in [1.807, 2.05) is 19.2 Å². The first-order chi connectivity index (χ1) is 8.46. The zero-order valence-corrected chi connectivity index (χ0v) is 11.1. The summed E-state index contributed by atoms with van der Waals surface area (Å²) in [6, 6.07) is 1.75. The summed E-state index contributed by atoms with van der Waals surface area (Å²) in [5, 5.41) is 6.89. The molecule has 1 saturated heterocycles. The zero-order valence-electron chi connectivity index (χ0n) is 10.2. The highest BCUT2D eigenvalue weighted by molar-refractivity contribution is 7.91. The molecule has 2 atom stereocenters. The number of aromatic nitrogens is 2. The van der Waals surface area contributed by atoms with Crippen LogP contribution in [0.2, 0.25) is 0 Å².